The molecule has 0 heterocycles. The summed E-state index contributed by atoms with van der Waals surface area (Å²) in [5, 5.41) is 0. The largest absolute Gasteiger partial charge is 0.460 e. The Kier molecular flexibility index (Phi) is 4.10. The van der Waals surface area contributed by atoms with Crippen LogP contribution >= 0.6 is 0 Å². The van der Waals surface area contributed by atoms with Crippen LogP contribution in [0, 0.1) is 11.6 Å². The highest BCUT2D eigenvalue weighted by Crippen LogP contribution is 2.30. The van der Waals surface area contributed by atoms with E-state index in [-0.39, 0.29) is 5.56 Å². The maximum atomic E-state index is 13.9. The molecule has 2 aromatic rings. The van der Waals surface area contributed by atoms with Gasteiger partial charge in [-0.2, -0.15) is 4.39 Å². The minimum atomic E-state index is -1.19. The van der Waals surface area contributed by atoms with Gasteiger partial charge in [0.15, 0.2) is 11.6 Å². The Labute approximate surface area is 109 Å². The first-order valence-electron chi connectivity index (χ1n) is 5.93. The molecule has 0 bridgehead atoms. The van der Waals surface area contributed by atoms with E-state index >= 15 is 0 Å². The Hall–Kier alpha value is -1.97. The quantitative estimate of drug-likeness (QED) is 0.791. The number of benzene rings is 2. The summed E-state index contributed by atoms with van der Waals surface area (Å²) in [4.78, 5) is 0. The highest BCUT2D eigenvalue weighted by Gasteiger charge is 2.15. The van der Waals surface area contributed by atoms with Crippen LogP contribution in [0.2, 0.25) is 0 Å². The molecule has 0 radical (unpaired) electrons. The Morgan fingerprint density at radius 1 is 0.947 bits per heavy atom. The normalized spacial score (nSPS) is 10.5. The second-order valence-electron chi connectivity index (χ2n) is 4.04. The number of rotatable bonds is 4. The minimum Gasteiger partial charge on any atom is -0.460 e. The molecule has 1 nitrogen and oxygen atoms in total. The molecule has 0 aliphatic carbocycles. The second-order valence-corrected chi connectivity index (χ2v) is 4.04. The molecule has 0 amide bonds. The topological polar surface area (TPSA) is 9.23 Å². The lowest BCUT2D eigenvalue weighted by atomic mass is 10.0. The summed E-state index contributed by atoms with van der Waals surface area (Å²) < 4.78 is 43.8. The van der Waals surface area contributed by atoms with Crippen LogP contribution in [-0.2, 0) is 6.42 Å². The molecule has 0 saturated carbocycles. The predicted molar refractivity (Wildman–Crippen MR) is 67.8 cm³/mol. The molecular formula is C15H13F3O. The average molecular weight is 266 g/mol. The van der Waals surface area contributed by atoms with Crippen molar-refractivity contribution in [1.82, 2.24) is 0 Å². The maximum absolute atomic E-state index is 13.9. The van der Waals surface area contributed by atoms with Crippen molar-refractivity contribution in [3.05, 3.63) is 53.6 Å². The van der Waals surface area contributed by atoms with Crippen molar-refractivity contribution in [3.63, 3.8) is 0 Å². The van der Waals surface area contributed by atoms with Gasteiger partial charge in [-0.05, 0) is 29.7 Å². The van der Waals surface area contributed by atoms with Crippen LogP contribution in [0.1, 0.15) is 12.5 Å². The summed E-state index contributed by atoms with van der Waals surface area (Å²) in [6.45, 7) is 0.819. The zero-order chi connectivity index (χ0) is 13.8. The second kappa shape index (κ2) is 5.78. The predicted octanol–water partition coefficient (Wildman–Crippen LogP) is 4.50. The molecule has 0 unspecified atom stereocenters. The van der Waals surface area contributed by atoms with E-state index in [1.165, 1.54) is 12.1 Å². The van der Waals surface area contributed by atoms with Gasteiger partial charge in [-0.15, -0.1) is 0 Å². The lowest BCUT2D eigenvalue weighted by molar-refractivity contribution is 0.182. The lowest BCUT2D eigenvalue weighted by Gasteiger charge is -2.08. The molecule has 0 atom stereocenters. The van der Waals surface area contributed by atoms with Crippen LogP contribution in [0.3, 0.4) is 0 Å². The lowest BCUT2D eigenvalue weighted by Crippen LogP contribution is -1.98. The maximum Gasteiger partial charge on any atom is 0.228 e. The molecule has 100 valence electrons. The zero-order valence-corrected chi connectivity index (χ0v) is 10.4. The van der Waals surface area contributed by atoms with Gasteiger partial charge in [0.1, 0.15) is 0 Å². The molecular weight excluding hydrogens is 253 g/mol. The van der Waals surface area contributed by atoms with Crippen LogP contribution in [0.5, 0.6) is 5.75 Å². The minimum absolute atomic E-state index is 0.131. The van der Waals surface area contributed by atoms with Crippen molar-refractivity contribution in [2.75, 3.05) is 6.86 Å². The van der Waals surface area contributed by atoms with E-state index in [4.69, 9.17) is 0 Å². The molecule has 0 aromatic heterocycles. The van der Waals surface area contributed by atoms with Gasteiger partial charge in [0, 0.05) is 5.56 Å². The molecule has 0 aliphatic heterocycles. The molecule has 2 aromatic carbocycles. The van der Waals surface area contributed by atoms with E-state index in [0.29, 0.717) is 5.56 Å². The third-order valence-corrected chi connectivity index (χ3v) is 2.93. The standard InChI is InChI=1S/C15H13F3O/c1-2-10-3-5-11(6-4-10)12-7-8-13(19-9-16)15(18)14(12)17/h3-8H,2,9H2,1H3. The summed E-state index contributed by atoms with van der Waals surface area (Å²) in [5.74, 6) is -2.63. The van der Waals surface area contributed by atoms with Crippen LogP contribution in [-0.4, -0.2) is 6.86 Å². The van der Waals surface area contributed by atoms with Gasteiger partial charge in [-0.25, -0.2) is 8.78 Å². The first-order valence-corrected chi connectivity index (χ1v) is 5.93. The Balaban J connectivity index is 2.41. The van der Waals surface area contributed by atoms with E-state index in [0.717, 1.165) is 12.0 Å². The van der Waals surface area contributed by atoms with Crippen LogP contribution in [0.25, 0.3) is 11.1 Å². The first-order chi connectivity index (χ1) is 9.17. The number of halogens is 3. The highest BCUT2D eigenvalue weighted by atomic mass is 19.2. The van der Waals surface area contributed by atoms with Crippen molar-refractivity contribution >= 4 is 0 Å². The summed E-state index contributed by atoms with van der Waals surface area (Å²) in [7, 11) is 0. The fourth-order valence-electron chi connectivity index (χ4n) is 1.84. The molecule has 0 N–H and O–H groups in total. The fraction of sp³-hybridized carbons (Fsp3) is 0.200. The SMILES string of the molecule is CCc1ccc(-c2ccc(OCF)c(F)c2F)cc1. The van der Waals surface area contributed by atoms with Crippen LogP contribution in [0.15, 0.2) is 36.4 Å². The van der Waals surface area contributed by atoms with E-state index in [1.807, 2.05) is 19.1 Å². The molecule has 0 saturated heterocycles. The van der Waals surface area contributed by atoms with Crippen molar-refractivity contribution in [2.24, 2.45) is 0 Å². The van der Waals surface area contributed by atoms with Crippen LogP contribution < -0.4 is 4.74 Å². The third kappa shape index (κ3) is 2.72. The van der Waals surface area contributed by atoms with Gasteiger partial charge >= 0.3 is 0 Å². The smallest absolute Gasteiger partial charge is 0.228 e. The van der Waals surface area contributed by atoms with E-state index in [9.17, 15) is 13.2 Å². The van der Waals surface area contributed by atoms with Crippen molar-refractivity contribution in [2.45, 2.75) is 13.3 Å². The fourth-order valence-corrected chi connectivity index (χ4v) is 1.84. The molecule has 0 spiro atoms. The van der Waals surface area contributed by atoms with Gasteiger partial charge in [0.25, 0.3) is 0 Å². The van der Waals surface area contributed by atoms with Gasteiger partial charge in [0.05, 0.1) is 0 Å². The molecule has 4 heteroatoms. The Bertz CT molecular complexity index is 564. The van der Waals surface area contributed by atoms with Crippen molar-refractivity contribution < 1.29 is 17.9 Å². The van der Waals surface area contributed by atoms with Gasteiger partial charge in [-0.1, -0.05) is 31.2 Å². The number of alkyl halides is 1. The van der Waals surface area contributed by atoms with Crippen molar-refractivity contribution in [3.8, 4) is 16.9 Å². The van der Waals surface area contributed by atoms with Gasteiger partial charge in [-0.3, -0.25) is 0 Å². The van der Waals surface area contributed by atoms with E-state index in [1.54, 1.807) is 12.1 Å². The summed E-state index contributed by atoms with van der Waals surface area (Å²) >= 11 is 0. The number of aryl methyl sites for hydroxylation is 1. The van der Waals surface area contributed by atoms with Crippen molar-refractivity contribution in [1.29, 1.82) is 0 Å². The van der Waals surface area contributed by atoms with Gasteiger partial charge < -0.3 is 4.74 Å². The summed E-state index contributed by atoms with van der Waals surface area (Å²) in [6.07, 6.45) is 0.875. The Morgan fingerprint density at radius 3 is 2.21 bits per heavy atom. The van der Waals surface area contributed by atoms with E-state index < -0.39 is 24.2 Å². The summed E-state index contributed by atoms with van der Waals surface area (Å²) in [5.41, 5.74) is 1.81. The Morgan fingerprint density at radius 2 is 1.63 bits per heavy atom. The zero-order valence-electron chi connectivity index (χ0n) is 10.4. The average Bonchev–Trinajstić information content (AvgIpc) is 2.45. The third-order valence-electron chi connectivity index (χ3n) is 2.93. The monoisotopic (exact) mass is 266 g/mol. The number of hydrogen-bond donors (Lipinski definition) is 0. The molecule has 0 aliphatic rings. The number of hydrogen-bond acceptors (Lipinski definition) is 1. The molecule has 19 heavy (non-hydrogen) atoms. The highest BCUT2D eigenvalue weighted by molar-refractivity contribution is 5.65. The molecule has 0 fully saturated rings. The van der Waals surface area contributed by atoms with E-state index in [2.05, 4.69) is 4.74 Å². The first kappa shape index (κ1) is 13.5. The van der Waals surface area contributed by atoms with Gasteiger partial charge in [0.2, 0.25) is 12.7 Å². The van der Waals surface area contributed by atoms with Crippen LogP contribution in [0.4, 0.5) is 13.2 Å². The number of ether oxygens (including phenoxy) is 1. The molecule has 2 rings (SSSR count). The summed E-state index contributed by atoms with van der Waals surface area (Å²) in [6, 6.07) is 9.78.